The summed E-state index contributed by atoms with van der Waals surface area (Å²) in [6.45, 7) is 8.06. The van der Waals surface area contributed by atoms with Gasteiger partial charge in [-0.1, -0.05) is 36.4 Å². The van der Waals surface area contributed by atoms with Crippen LogP contribution in [0.2, 0.25) is 0 Å². The van der Waals surface area contributed by atoms with Gasteiger partial charge in [0.2, 0.25) is 0 Å². The molecule has 0 spiro atoms. The van der Waals surface area contributed by atoms with Gasteiger partial charge < -0.3 is 52.9 Å². The van der Waals surface area contributed by atoms with E-state index in [9.17, 15) is 0 Å². The summed E-state index contributed by atoms with van der Waals surface area (Å²) in [6.07, 6.45) is 3.99. The summed E-state index contributed by atoms with van der Waals surface area (Å²) in [5.74, 6) is 0. The Morgan fingerprint density at radius 2 is 1.00 bits per heavy atom. The first-order valence-corrected chi connectivity index (χ1v) is 13.3. The third-order valence-electron chi connectivity index (χ3n) is 7.19. The smallest absolute Gasteiger partial charge is 0.185 e. The number of ether oxygens (including phenoxy) is 4. The third-order valence-corrected chi connectivity index (χ3v) is 7.19. The summed E-state index contributed by atoms with van der Waals surface area (Å²) in [5.41, 5.74) is 8.35. The van der Waals surface area contributed by atoms with Gasteiger partial charge >= 0.3 is 0 Å². The first kappa shape index (κ1) is 32.8. The first-order chi connectivity index (χ1) is 17.8. The largest absolute Gasteiger partial charge is 1.00 e. The van der Waals surface area contributed by atoms with E-state index < -0.39 is 0 Å². The molecule has 2 aliphatic heterocycles. The van der Waals surface area contributed by atoms with Gasteiger partial charge in [0, 0.05) is 38.2 Å². The Hall–Kier alpha value is -1.42. The second kappa shape index (κ2) is 18.0. The fourth-order valence-electron chi connectivity index (χ4n) is 5.30. The van der Waals surface area contributed by atoms with Crippen LogP contribution in [-0.2, 0) is 31.8 Å². The lowest BCUT2D eigenvalue weighted by molar-refractivity contribution is -0.532. The van der Waals surface area contributed by atoms with Crippen LogP contribution in [0.15, 0.2) is 48.5 Å². The number of rotatable bonds is 15. The van der Waals surface area contributed by atoms with Gasteiger partial charge in [-0.15, -0.1) is 0 Å². The predicted octanol–water partition coefficient (Wildman–Crippen LogP) is -2.78. The van der Waals surface area contributed by atoms with E-state index in [2.05, 4.69) is 57.7 Å². The number of hydrogen-bond donors (Lipinski definition) is 0. The Morgan fingerprint density at radius 1 is 0.579 bits per heavy atom. The third kappa shape index (κ3) is 9.07. The molecule has 0 aliphatic carbocycles. The minimum absolute atomic E-state index is 0. The van der Waals surface area contributed by atoms with Crippen LogP contribution < -0.4 is 34.0 Å². The van der Waals surface area contributed by atoms with E-state index in [1.54, 1.807) is 14.2 Å². The standard InChI is InChI=1S/C30H42N2O4.2BrH/c1-33-21-17-31-15-11-25-7-3-5-9-27(25)29(31)13-19-35-23-24-36-20-14-30-28-10-6-4-8-26(28)12-16-32(30)18-22-34-2;;/h3-10H,11-24H2,1-2H3;2*1H/q+2;;/p-2. The Morgan fingerprint density at radius 3 is 1.42 bits per heavy atom. The molecule has 0 amide bonds. The minimum atomic E-state index is 0. The van der Waals surface area contributed by atoms with Crippen molar-refractivity contribution < 1.29 is 62.1 Å². The van der Waals surface area contributed by atoms with E-state index in [4.69, 9.17) is 18.9 Å². The molecule has 0 fully saturated rings. The molecule has 2 aliphatic rings. The zero-order valence-electron chi connectivity index (χ0n) is 22.8. The first-order valence-electron chi connectivity index (χ1n) is 13.3. The normalized spacial score (nSPS) is 14.5. The maximum Gasteiger partial charge on any atom is 0.185 e. The van der Waals surface area contributed by atoms with E-state index in [1.165, 1.54) is 33.7 Å². The van der Waals surface area contributed by atoms with E-state index >= 15 is 0 Å². The molecule has 38 heavy (non-hydrogen) atoms. The molecule has 0 atom stereocenters. The quantitative estimate of drug-likeness (QED) is 0.154. The number of fused-ring (bicyclic) bond motifs is 2. The van der Waals surface area contributed by atoms with Crippen LogP contribution in [0.3, 0.4) is 0 Å². The van der Waals surface area contributed by atoms with Gasteiger partial charge in [0.15, 0.2) is 24.5 Å². The van der Waals surface area contributed by atoms with Gasteiger partial charge in [0.05, 0.1) is 39.3 Å². The van der Waals surface area contributed by atoms with Gasteiger partial charge in [-0.25, -0.2) is 9.15 Å². The van der Waals surface area contributed by atoms with E-state index in [-0.39, 0.29) is 34.0 Å². The number of methoxy groups -OCH3 is 2. The van der Waals surface area contributed by atoms with Crippen molar-refractivity contribution in [1.82, 2.24) is 0 Å². The molecule has 210 valence electrons. The number of nitrogens with zero attached hydrogens (tertiary/aromatic N) is 2. The molecule has 4 rings (SSSR count). The highest BCUT2D eigenvalue weighted by Crippen LogP contribution is 2.19. The average Bonchev–Trinajstić information content (AvgIpc) is 2.92. The molecule has 0 saturated carbocycles. The summed E-state index contributed by atoms with van der Waals surface area (Å²) in [4.78, 5) is 0. The Balaban J connectivity index is 0.00000253. The minimum Gasteiger partial charge on any atom is -1.00 e. The lowest BCUT2D eigenvalue weighted by Crippen LogP contribution is -3.00. The topological polar surface area (TPSA) is 42.9 Å². The van der Waals surface area contributed by atoms with Crippen molar-refractivity contribution in [3.8, 4) is 0 Å². The molecule has 2 aromatic carbocycles. The molecule has 2 aromatic rings. The molecule has 0 saturated heterocycles. The molecule has 0 bridgehead atoms. The molecule has 0 aromatic heterocycles. The predicted molar refractivity (Wildman–Crippen MR) is 143 cm³/mol. The summed E-state index contributed by atoms with van der Waals surface area (Å²) < 4.78 is 27.6. The lowest BCUT2D eigenvalue weighted by atomic mass is 9.95. The highest BCUT2D eigenvalue weighted by molar-refractivity contribution is 5.99. The van der Waals surface area contributed by atoms with Crippen LogP contribution in [0.5, 0.6) is 0 Å². The monoisotopic (exact) mass is 652 g/mol. The van der Waals surface area contributed by atoms with Crippen molar-refractivity contribution in [3.05, 3.63) is 70.8 Å². The lowest BCUT2D eigenvalue weighted by Gasteiger charge is -2.19. The highest BCUT2D eigenvalue weighted by atomic mass is 79.9. The Bertz CT molecular complexity index is 975. The van der Waals surface area contributed by atoms with E-state index in [1.807, 2.05) is 0 Å². The molecule has 8 heteroatoms. The molecule has 6 nitrogen and oxygen atoms in total. The molecular weight excluding hydrogens is 612 g/mol. The van der Waals surface area contributed by atoms with Gasteiger partial charge in [0.1, 0.15) is 26.3 Å². The van der Waals surface area contributed by atoms with Crippen LogP contribution in [0.4, 0.5) is 0 Å². The average molecular weight is 654 g/mol. The van der Waals surface area contributed by atoms with E-state index in [0.29, 0.717) is 26.4 Å². The second-order valence-corrected chi connectivity index (χ2v) is 9.39. The zero-order chi connectivity index (χ0) is 25.0. The molecular formula is C30H42Br2N2O4. The van der Waals surface area contributed by atoms with Crippen molar-refractivity contribution >= 4 is 11.4 Å². The zero-order valence-corrected chi connectivity index (χ0v) is 26.0. The molecule has 0 unspecified atom stereocenters. The SMILES string of the molecule is COCC[N+]1=C(CCOCCOCCC2=[N+](CCOC)CCc3ccccc32)c2ccccc2CC1.[Br-].[Br-]. The van der Waals surface area contributed by atoms with Gasteiger partial charge in [0.25, 0.3) is 0 Å². The van der Waals surface area contributed by atoms with E-state index in [0.717, 1.165) is 65.1 Å². The molecule has 0 radical (unpaired) electrons. The summed E-state index contributed by atoms with van der Waals surface area (Å²) in [5, 5.41) is 0. The van der Waals surface area contributed by atoms with Crippen molar-refractivity contribution in [2.75, 3.05) is 80.0 Å². The van der Waals surface area contributed by atoms with Gasteiger partial charge in [-0.05, 0) is 23.3 Å². The summed E-state index contributed by atoms with van der Waals surface area (Å²) >= 11 is 0. The second-order valence-electron chi connectivity index (χ2n) is 9.39. The molecule has 0 N–H and O–H groups in total. The van der Waals surface area contributed by atoms with Gasteiger partial charge in [-0.2, -0.15) is 0 Å². The van der Waals surface area contributed by atoms with Crippen molar-refractivity contribution in [1.29, 1.82) is 0 Å². The van der Waals surface area contributed by atoms with Crippen molar-refractivity contribution in [2.45, 2.75) is 25.7 Å². The highest BCUT2D eigenvalue weighted by Gasteiger charge is 2.26. The van der Waals surface area contributed by atoms with Crippen LogP contribution in [0, 0.1) is 0 Å². The number of hydrogen-bond acceptors (Lipinski definition) is 4. The Labute approximate surface area is 249 Å². The summed E-state index contributed by atoms with van der Waals surface area (Å²) in [7, 11) is 3.53. The van der Waals surface area contributed by atoms with Crippen molar-refractivity contribution in [2.24, 2.45) is 0 Å². The van der Waals surface area contributed by atoms with Crippen LogP contribution >= 0.6 is 0 Å². The number of benzene rings is 2. The fraction of sp³-hybridized carbons (Fsp3) is 0.533. The maximum absolute atomic E-state index is 5.99. The van der Waals surface area contributed by atoms with Crippen LogP contribution in [0.25, 0.3) is 0 Å². The Kier molecular flexibility index (Phi) is 15.6. The van der Waals surface area contributed by atoms with Crippen molar-refractivity contribution in [3.63, 3.8) is 0 Å². The summed E-state index contributed by atoms with van der Waals surface area (Å²) in [6, 6.07) is 17.5. The number of halogens is 2. The van der Waals surface area contributed by atoms with Gasteiger partial charge in [-0.3, -0.25) is 0 Å². The van der Waals surface area contributed by atoms with Crippen LogP contribution in [0.1, 0.15) is 35.1 Å². The molecule has 2 heterocycles. The maximum atomic E-state index is 5.99. The van der Waals surface area contributed by atoms with Crippen LogP contribution in [-0.4, -0.2) is 101 Å². The fourth-order valence-corrected chi connectivity index (χ4v) is 5.30.